The number of benzene rings is 3. The third-order valence-electron chi connectivity index (χ3n) is 4.10. The van der Waals surface area contributed by atoms with Crippen LogP contribution in [0.25, 0.3) is 10.8 Å². The molecule has 140 valence electrons. The zero-order valence-electron chi connectivity index (χ0n) is 15.0. The van der Waals surface area contributed by atoms with Crippen LogP contribution in [0.5, 0.6) is 0 Å². The zero-order chi connectivity index (χ0) is 19.4. The molecular weight excluding hydrogens is 380 g/mol. The monoisotopic (exact) mass is 400 g/mol. The van der Waals surface area contributed by atoms with Crippen molar-refractivity contribution >= 4 is 49.8 Å². The summed E-state index contributed by atoms with van der Waals surface area (Å²) >= 11 is 1.51. The number of carbonyl (C=O) groups is 1. The molecule has 3 rings (SSSR count). The standard InChI is InChI=1S/C20H20N2O3S2/c1-26-19-13-6-5-11-17(19)21-20(23)14-22(27(2,24)25)18-12-7-9-15-8-3-4-10-16(15)18/h3-13H,14H2,1-2H3,(H,21,23). The minimum Gasteiger partial charge on any atom is -0.323 e. The highest BCUT2D eigenvalue weighted by molar-refractivity contribution is 7.98. The number of hydrogen-bond donors (Lipinski definition) is 1. The van der Waals surface area contributed by atoms with Gasteiger partial charge in [-0.3, -0.25) is 9.10 Å². The Morgan fingerprint density at radius 2 is 1.67 bits per heavy atom. The lowest BCUT2D eigenvalue weighted by Crippen LogP contribution is -2.37. The molecule has 0 atom stereocenters. The molecule has 0 heterocycles. The third kappa shape index (κ3) is 4.43. The number of amides is 1. The van der Waals surface area contributed by atoms with Crippen molar-refractivity contribution in [3.05, 3.63) is 66.7 Å². The lowest BCUT2D eigenvalue weighted by Gasteiger charge is -2.23. The van der Waals surface area contributed by atoms with Crippen LogP contribution < -0.4 is 9.62 Å². The van der Waals surface area contributed by atoms with E-state index in [2.05, 4.69) is 5.32 Å². The molecule has 0 unspecified atom stereocenters. The molecule has 7 heteroatoms. The smallest absolute Gasteiger partial charge is 0.245 e. The van der Waals surface area contributed by atoms with E-state index in [-0.39, 0.29) is 6.54 Å². The van der Waals surface area contributed by atoms with Crippen LogP contribution in [0.2, 0.25) is 0 Å². The Bertz CT molecular complexity index is 1080. The Kier molecular flexibility index (Phi) is 5.72. The second kappa shape index (κ2) is 8.02. The molecule has 0 bridgehead atoms. The maximum absolute atomic E-state index is 12.6. The molecule has 0 fully saturated rings. The number of nitrogens with zero attached hydrogens (tertiary/aromatic N) is 1. The van der Waals surface area contributed by atoms with Gasteiger partial charge in [0.1, 0.15) is 6.54 Å². The van der Waals surface area contributed by atoms with Gasteiger partial charge in [0.05, 0.1) is 17.6 Å². The highest BCUT2D eigenvalue weighted by Gasteiger charge is 2.23. The number of sulfonamides is 1. The molecule has 3 aromatic rings. The average molecular weight is 401 g/mol. The molecule has 0 radical (unpaired) electrons. The van der Waals surface area contributed by atoms with Crippen molar-refractivity contribution in [1.29, 1.82) is 0 Å². The predicted octanol–water partition coefficient (Wildman–Crippen LogP) is 3.97. The summed E-state index contributed by atoms with van der Waals surface area (Å²) in [6.45, 7) is -0.296. The number of thioether (sulfide) groups is 1. The summed E-state index contributed by atoms with van der Waals surface area (Å²) < 4.78 is 26.0. The van der Waals surface area contributed by atoms with Crippen LogP contribution in [0.4, 0.5) is 11.4 Å². The first-order chi connectivity index (χ1) is 12.9. The van der Waals surface area contributed by atoms with E-state index in [1.807, 2.05) is 54.8 Å². The molecule has 0 saturated carbocycles. The number of fused-ring (bicyclic) bond motifs is 1. The molecule has 0 aromatic heterocycles. The quantitative estimate of drug-likeness (QED) is 0.636. The Labute approximate surface area is 163 Å². The van der Waals surface area contributed by atoms with Crippen molar-refractivity contribution in [2.24, 2.45) is 0 Å². The van der Waals surface area contributed by atoms with E-state index >= 15 is 0 Å². The first-order valence-corrected chi connectivity index (χ1v) is 11.4. The van der Waals surface area contributed by atoms with Gasteiger partial charge in [0.2, 0.25) is 15.9 Å². The number of rotatable bonds is 6. The van der Waals surface area contributed by atoms with Crippen molar-refractivity contribution in [3.8, 4) is 0 Å². The van der Waals surface area contributed by atoms with Crippen molar-refractivity contribution in [2.45, 2.75) is 4.90 Å². The van der Waals surface area contributed by atoms with Crippen LogP contribution in [0.3, 0.4) is 0 Å². The van der Waals surface area contributed by atoms with Gasteiger partial charge in [0.25, 0.3) is 0 Å². The molecule has 27 heavy (non-hydrogen) atoms. The maximum atomic E-state index is 12.6. The highest BCUT2D eigenvalue weighted by Crippen LogP contribution is 2.29. The SMILES string of the molecule is CSc1ccccc1NC(=O)CN(c1cccc2ccccc12)S(C)(=O)=O. The van der Waals surface area contributed by atoms with Crippen LogP contribution in [0.15, 0.2) is 71.6 Å². The third-order valence-corrected chi connectivity index (χ3v) is 6.03. The maximum Gasteiger partial charge on any atom is 0.245 e. The number of hydrogen-bond acceptors (Lipinski definition) is 4. The molecular formula is C20H20N2O3S2. The Hall–Kier alpha value is -2.51. The Morgan fingerprint density at radius 1 is 1.00 bits per heavy atom. The fourth-order valence-electron chi connectivity index (χ4n) is 2.87. The highest BCUT2D eigenvalue weighted by atomic mass is 32.2. The van der Waals surface area contributed by atoms with E-state index < -0.39 is 15.9 Å². The van der Waals surface area contributed by atoms with Crippen molar-refractivity contribution < 1.29 is 13.2 Å². The van der Waals surface area contributed by atoms with E-state index in [9.17, 15) is 13.2 Å². The zero-order valence-corrected chi connectivity index (χ0v) is 16.7. The molecule has 1 N–H and O–H groups in total. The number of anilines is 2. The Morgan fingerprint density at radius 3 is 2.41 bits per heavy atom. The summed E-state index contributed by atoms with van der Waals surface area (Å²) in [5, 5.41) is 4.51. The fraction of sp³-hybridized carbons (Fsp3) is 0.150. The van der Waals surface area contributed by atoms with Gasteiger partial charge in [-0.25, -0.2) is 8.42 Å². The molecule has 0 aliphatic heterocycles. The summed E-state index contributed by atoms with van der Waals surface area (Å²) in [7, 11) is -3.65. The second-order valence-corrected chi connectivity index (χ2v) is 8.77. The van der Waals surface area contributed by atoms with Gasteiger partial charge in [0, 0.05) is 10.3 Å². The van der Waals surface area contributed by atoms with Gasteiger partial charge in [-0.2, -0.15) is 0 Å². The lowest BCUT2D eigenvalue weighted by molar-refractivity contribution is -0.114. The van der Waals surface area contributed by atoms with E-state index in [1.54, 1.807) is 18.2 Å². The first-order valence-electron chi connectivity index (χ1n) is 8.28. The summed E-state index contributed by atoms with van der Waals surface area (Å²) in [5.74, 6) is -0.394. The van der Waals surface area contributed by atoms with E-state index in [1.165, 1.54) is 11.8 Å². The minimum atomic E-state index is -3.65. The number of para-hydroxylation sites is 1. The van der Waals surface area contributed by atoms with E-state index in [0.29, 0.717) is 11.4 Å². The average Bonchev–Trinajstić information content (AvgIpc) is 2.65. The lowest BCUT2D eigenvalue weighted by atomic mass is 10.1. The van der Waals surface area contributed by atoms with Gasteiger partial charge in [0.15, 0.2) is 0 Å². The fourth-order valence-corrected chi connectivity index (χ4v) is 4.30. The van der Waals surface area contributed by atoms with Crippen LogP contribution in [-0.2, 0) is 14.8 Å². The molecule has 5 nitrogen and oxygen atoms in total. The van der Waals surface area contributed by atoms with Gasteiger partial charge >= 0.3 is 0 Å². The molecule has 0 aliphatic rings. The summed E-state index contributed by atoms with van der Waals surface area (Å²) in [6.07, 6.45) is 3.03. The van der Waals surface area contributed by atoms with Crippen molar-refractivity contribution in [1.82, 2.24) is 0 Å². The molecule has 1 amide bonds. The number of carbonyl (C=O) groups excluding carboxylic acids is 1. The van der Waals surface area contributed by atoms with Crippen molar-refractivity contribution in [2.75, 3.05) is 28.7 Å². The van der Waals surface area contributed by atoms with Gasteiger partial charge < -0.3 is 5.32 Å². The Balaban J connectivity index is 1.93. The molecule has 3 aromatic carbocycles. The first kappa shape index (κ1) is 19.3. The largest absolute Gasteiger partial charge is 0.323 e. The van der Waals surface area contributed by atoms with Crippen LogP contribution in [-0.4, -0.2) is 33.4 Å². The molecule has 0 aliphatic carbocycles. The topological polar surface area (TPSA) is 66.5 Å². The molecule has 0 saturated heterocycles. The number of nitrogens with one attached hydrogen (secondary N) is 1. The normalized spacial score (nSPS) is 11.3. The molecule has 0 spiro atoms. The van der Waals surface area contributed by atoms with Crippen LogP contribution >= 0.6 is 11.8 Å². The second-order valence-electron chi connectivity index (χ2n) is 6.02. The van der Waals surface area contributed by atoms with Crippen LogP contribution in [0, 0.1) is 0 Å². The van der Waals surface area contributed by atoms with E-state index in [0.717, 1.165) is 26.2 Å². The summed E-state index contributed by atoms with van der Waals surface area (Å²) in [4.78, 5) is 13.5. The minimum absolute atomic E-state index is 0.296. The van der Waals surface area contributed by atoms with Crippen LogP contribution in [0.1, 0.15) is 0 Å². The van der Waals surface area contributed by atoms with Crippen molar-refractivity contribution in [3.63, 3.8) is 0 Å². The summed E-state index contributed by atoms with van der Waals surface area (Å²) in [6, 6.07) is 20.3. The predicted molar refractivity (Wildman–Crippen MR) is 113 cm³/mol. The van der Waals surface area contributed by atoms with Gasteiger partial charge in [-0.15, -0.1) is 11.8 Å². The van der Waals surface area contributed by atoms with E-state index in [4.69, 9.17) is 0 Å². The summed E-state index contributed by atoms with van der Waals surface area (Å²) in [5.41, 5.74) is 1.16. The van der Waals surface area contributed by atoms with Gasteiger partial charge in [-0.05, 0) is 29.8 Å². The van der Waals surface area contributed by atoms with Gasteiger partial charge in [-0.1, -0.05) is 48.5 Å².